The van der Waals surface area contributed by atoms with Gasteiger partial charge in [0.25, 0.3) is 0 Å². The second-order valence-corrected chi connectivity index (χ2v) is 18.0. The molecule has 4 N–H and O–H groups in total. The molecule has 2 aromatic carbocycles. The molecule has 0 saturated heterocycles. The molecule has 6 fully saturated rings. The van der Waals surface area contributed by atoms with Crippen LogP contribution in [0.1, 0.15) is 167 Å². The third-order valence-corrected chi connectivity index (χ3v) is 14.5. The van der Waals surface area contributed by atoms with Crippen molar-refractivity contribution in [1.29, 1.82) is 0 Å². The number of benzene rings is 2. The average Bonchev–Trinajstić information content (AvgIpc) is 3.86. The lowest BCUT2D eigenvalue weighted by Gasteiger charge is -2.53. The zero-order valence-corrected chi connectivity index (χ0v) is 44.8. The molecule has 2 heterocycles. The summed E-state index contributed by atoms with van der Waals surface area (Å²) in [4.78, 5) is 0. The van der Waals surface area contributed by atoms with Gasteiger partial charge in [0.15, 0.2) is 5.82 Å². The number of fused-ring (bicyclic) bond motifs is 6. The minimum atomic E-state index is -0.170. The predicted molar refractivity (Wildman–Crippen MR) is 234 cm³/mol. The van der Waals surface area contributed by atoms with Crippen LogP contribution in [0.2, 0.25) is 0 Å². The highest BCUT2D eigenvalue weighted by Gasteiger charge is 2.52. The van der Waals surface area contributed by atoms with Crippen LogP contribution in [0.25, 0.3) is 22.8 Å². The van der Waals surface area contributed by atoms with E-state index < -0.39 is 0 Å². The number of aliphatic hydroxyl groups is 2. The van der Waals surface area contributed by atoms with Gasteiger partial charge in [0.1, 0.15) is 5.82 Å². The summed E-state index contributed by atoms with van der Waals surface area (Å²) in [7, 11) is 3.64. The van der Waals surface area contributed by atoms with Crippen molar-refractivity contribution in [2.75, 3.05) is 7.05 Å². The van der Waals surface area contributed by atoms with Crippen LogP contribution in [-0.4, -0.2) is 54.4 Å². The molecule has 0 amide bonds. The SMILES string of the molecule is C.C.CN.Cc1ccccc1-c1nnc(C23CCC(CCCC(C)O)(CC2)CC3)n1C.Cc1ccccc1-c1nnc(C23CCC(CCCC(C)O)(CC2)CC3)o1.[I-].[I-].[I-].[I-]. The molecule has 0 radical (unpaired) electrons. The monoisotopic (exact) mass is 1290 g/mol. The lowest BCUT2D eigenvalue weighted by atomic mass is 9.52. The summed E-state index contributed by atoms with van der Waals surface area (Å²) in [5, 5.41) is 37.3. The largest absolute Gasteiger partial charge is 1.00 e. The Balaban J connectivity index is 0.00000104. The van der Waals surface area contributed by atoms with Crippen molar-refractivity contribution < 1.29 is 111 Å². The first kappa shape index (κ1) is 60.5. The van der Waals surface area contributed by atoms with Crippen molar-refractivity contribution in [2.45, 2.75) is 181 Å². The molecule has 348 valence electrons. The first-order chi connectivity index (χ1) is 26.5. The molecule has 10 rings (SSSR count). The maximum atomic E-state index is 9.57. The minimum absolute atomic E-state index is 0. The van der Waals surface area contributed by atoms with Crippen molar-refractivity contribution in [1.82, 2.24) is 25.0 Å². The molecular formula is C48H76I4N6O3-4. The second-order valence-electron chi connectivity index (χ2n) is 18.0. The van der Waals surface area contributed by atoms with E-state index in [2.05, 4.69) is 82.9 Å². The highest BCUT2D eigenvalue weighted by molar-refractivity contribution is 5.60. The van der Waals surface area contributed by atoms with Gasteiger partial charge in [0.2, 0.25) is 11.8 Å². The Morgan fingerprint density at radius 3 is 1.44 bits per heavy atom. The molecule has 4 aromatic rings. The van der Waals surface area contributed by atoms with Crippen LogP contribution in [0.3, 0.4) is 0 Å². The van der Waals surface area contributed by atoms with Gasteiger partial charge in [0, 0.05) is 29.0 Å². The maximum absolute atomic E-state index is 9.57. The van der Waals surface area contributed by atoms with Gasteiger partial charge in [-0.1, -0.05) is 70.2 Å². The van der Waals surface area contributed by atoms with Crippen molar-refractivity contribution in [2.24, 2.45) is 23.6 Å². The summed E-state index contributed by atoms with van der Waals surface area (Å²) in [5.74, 6) is 3.70. The van der Waals surface area contributed by atoms with Crippen molar-refractivity contribution in [3.63, 3.8) is 0 Å². The Labute approximate surface area is 437 Å². The van der Waals surface area contributed by atoms with Crippen LogP contribution >= 0.6 is 0 Å². The van der Waals surface area contributed by atoms with Gasteiger partial charge < -0.3 is 121 Å². The number of rotatable bonds is 12. The third kappa shape index (κ3) is 13.8. The van der Waals surface area contributed by atoms with Crippen LogP contribution in [0.15, 0.2) is 52.9 Å². The summed E-state index contributed by atoms with van der Waals surface area (Å²) >= 11 is 0. The van der Waals surface area contributed by atoms with Crippen LogP contribution in [0, 0.1) is 24.7 Å². The summed E-state index contributed by atoms with van der Waals surface area (Å²) in [6.07, 6.45) is 21.3. The summed E-state index contributed by atoms with van der Waals surface area (Å²) in [5.41, 5.74) is 10.5. The van der Waals surface area contributed by atoms with E-state index in [4.69, 9.17) is 9.52 Å². The van der Waals surface area contributed by atoms with Gasteiger partial charge in [-0.3, -0.25) is 0 Å². The van der Waals surface area contributed by atoms with Crippen molar-refractivity contribution >= 4 is 0 Å². The number of aromatic nitrogens is 5. The predicted octanol–water partition coefficient (Wildman–Crippen LogP) is -1.02. The van der Waals surface area contributed by atoms with E-state index in [9.17, 15) is 10.2 Å². The maximum Gasteiger partial charge on any atom is 0.248 e. The molecule has 13 heteroatoms. The van der Waals surface area contributed by atoms with E-state index in [0.29, 0.717) is 16.7 Å². The van der Waals surface area contributed by atoms with Gasteiger partial charge >= 0.3 is 0 Å². The quantitative estimate of drug-likeness (QED) is 0.154. The van der Waals surface area contributed by atoms with Crippen molar-refractivity contribution in [3.05, 3.63) is 71.4 Å². The van der Waals surface area contributed by atoms with E-state index in [1.807, 2.05) is 26.0 Å². The normalized spacial score (nSPS) is 25.1. The lowest BCUT2D eigenvalue weighted by Crippen LogP contribution is -3.00. The number of hydrogen-bond donors (Lipinski definition) is 3. The molecule has 0 spiro atoms. The molecule has 6 aliphatic rings. The Hall–Kier alpha value is -0.480. The molecule has 2 aromatic heterocycles. The molecule has 61 heavy (non-hydrogen) atoms. The zero-order chi connectivity index (χ0) is 39.3. The molecule has 4 bridgehead atoms. The average molecular weight is 1290 g/mol. The Morgan fingerprint density at radius 2 is 1.02 bits per heavy atom. The summed E-state index contributed by atoms with van der Waals surface area (Å²) in [6.45, 7) is 8.03. The number of aryl methyl sites for hydroxylation is 2. The van der Waals surface area contributed by atoms with Crippen LogP contribution in [-0.2, 0) is 17.9 Å². The van der Waals surface area contributed by atoms with E-state index in [0.717, 1.165) is 62.2 Å². The number of aliphatic hydroxyl groups excluding tert-OH is 2. The van der Waals surface area contributed by atoms with Gasteiger partial charge in [-0.25, -0.2) is 0 Å². The lowest BCUT2D eigenvalue weighted by molar-refractivity contribution is -0.00100. The number of halogens is 4. The molecule has 6 saturated carbocycles. The fraction of sp³-hybridized carbons (Fsp3) is 0.667. The Morgan fingerprint density at radius 1 is 0.607 bits per heavy atom. The molecule has 2 unspecified atom stereocenters. The minimum Gasteiger partial charge on any atom is -1.00 e. The van der Waals surface area contributed by atoms with E-state index in [1.165, 1.54) is 100 Å². The molecule has 2 atom stereocenters. The Kier molecular flexibility index (Phi) is 26.4. The van der Waals surface area contributed by atoms with E-state index >= 15 is 0 Å². The molecule has 9 nitrogen and oxygen atoms in total. The van der Waals surface area contributed by atoms with Gasteiger partial charge in [-0.05, 0) is 165 Å². The first-order valence-electron chi connectivity index (χ1n) is 21.3. The Bertz CT molecular complexity index is 1810. The number of hydrogen-bond acceptors (Lipinski definition) is 8. The number of nitrogens with two attached hydrogens (primary N) is 1. The van der Waals surface area contributed by atoms with Crippen LogP contribution in [0.4, 0.5) is 0 Å². The first-order valence-corrected chi connectivity index (χ1v) is 21.3. The summed E-state index contributed by atoms with van der Waals surface area (Å²) in [6, 6.07) is 16.6. The van der Waals surface area contributed by atoms with Gasteiger partial charge in [-0.2, -0.15) is 0 Å². The second kappa shape index (κ2) is 26.6. The fourth-order valence-electron chi connectivity index (χ4n) is 10.7. The number of nitrogens with zero attached hydrogens (tertiary/aromatic N) is 5. The van der Waals surface area contributed by atoms with E-state index in [-0.39, 0.29) is 134 Å². The van der Waals surface area contributed by atoms with Gasteiger partial charge in [0.05, 0.1) is 12.2 Å². The zero-order valence-electron chi connectivity index (χ0n) is 36.1. The van der Waals surface area contributed by atoms with Crippen LogP contribution < -0.4 is 102 Å². The van der Waals surface area contributed by atoms with Crippen molar-refractivity contribution in [3.8, 4) is 22.8 Å². The third-order valence-electron chi connectivity index (χ3n) is 14.5. The smallest absolute Gasteiger partial charge is 0.248 e. The van der Waals surface area contributed by atoms with Gasteiger partial charge in [-0.15, -0.1) is 20.4 Å². The molecular weight excluding hydrogens is 1220 g/mol. The van der Waals surface area contributed by atoms with Crippen LogP contribution in [0.5, 0.6) is 0 Å². The highest BCUT2D eigenvalue weighted by Crippen LogP contribution is 2.60. The standard InChI is InChI=1S/C23H33N3O.C22H30N2O2.CH5N.2CH4.4HI/c1-17-7-4-5-9-19(17)20-24-25-21(26(20)3)23-14-11-22(12-15-23,13-16-23)10-6-8-18(2)27;1-16-6-3-4-8-18(16)19-23-24-20(26-19)22-13-10-21(11-14-22,12-15-22)9-5-7-17(2)25;1-2;;;;;;/h4-5,7,9,18,27H,6,8,10-16H2,1-3H3;3-4,6,8,17,25H,5,7,9-15H2,1-2H3;2H2,1H3;2*1H4;4*1H/p-4. The topological polar surface area (TPSA) is 136 Å². The molecule has 6 aliphatic carbocycles. The highest BCUT2D eigenvalue weighted by atomic mass is 127. The fourth-order valence-corrected chi connectivity index (χ4v) is 10.7. The van der Waals surface area contributed by atoms with E-state index in [1.54, 1.807) is 0 Å². The summed E-state index contributed by atoms with van der Waals surface area (Å²) < 4.78 is 8.46. The molecule has 0 aliphatic heterocycles.